The summed E-state index contributed by atoms with van der Waals surface area (Å²) in [7, 11) is 0. The molecule has 0 amide bonds. The van der Waals surface area contributed by atoms with Crippen molar-refractivity contribution in [1.82, 2.24) is 10.2 Å². The Kier molecular flexibility index (Phi) is 3.76. The molecule has 3 rings (SSSR count). The Morgan fingerprint density at radius 2 is 2.10 bits per heavy atom. The molecule has 1 aliphatic carbocycles. The lowest BCUT2D eigenvalue weighted by atomic mass is 9.88. The number of likely N-dealkylation sites (tertiary alicyclic amines) is 1. The molecule has 0 radical (unpaired) electrons. The molecular weight excluding hydrogens is 252 g/mol. The maximum Gasteiger partial charge on any atom is 0.325 e. The van der Waals surface area contributed by atoms with Crippen molar-refractivity contribution in [3.63, 3.8) is 0 Å². The average Bonchev–Trinajstić information content (AvgIpc) is 3.24. The first kappa shape index (κ1) is 13.6. The number of piperidine rings is 1. The largest absolute Gasteiger partial charge is 0.480 e. The van der Waals surface area contributed by atoms with E-state index in [1.54, 1.807) is 0 Å². The first-order valence-electron chi connectivity index (χ1n) is 7.45. The topological polar surface area (TPSA) is 52.6 Å². The highest BCUT2D eigenvalue weighted by atomic mass is 16.4. The van der Waals surface area contributed by atoms with E-state index in [4.69, 9.17) is 0 Å². The van der Waals surface area contributed by atoms with Gasteiger partial charge in [-0.05, 0) is 37.8 Å². The van der Waals surface area contributed by atoms with Crippen molar-refractivity contribution >= 4 is 5.97 Å². The molecular formula is C16H22N2O2. The van der Waals surface area contributed by atoms with Crippen LogP contribution in [0.2, 0.25) is 0 Å². The molecule has 1 aliphatic heterocycles. The highest BCUT2D eigenvalue weighted by molar-refractivity contribution is 5.79. The minimum Gasteiger partial charge on any atom is -0.480 e. The number of rotatable bonds is 5. The van der Waals surface area contributed by atoms with Gasteiger partial charge < -0.3 is 5.11 Å². The maximum absolute atomic E-state index is 11.7. The number of carbonyl (C=O) groups is 1. The normalized spacial score (nSPS) is 27.4. The van der Waals surface area contributed by atoms with Crippen LogP contribution in [0.25, 0.3) is 0 Å². The summed E-state index contributed by atoms with van der Waals surface area (Å²) in [6, 6.07) is 10.7. The number of hydrogen-bond donors (Lipinski definition) is 2. The molecule has 0 aromatic heterocycles. The van der Waals surface area contributed by atoms with Gasteiger partial charge in [0.15, 0.2) is 0 Å². The molecule has 2 aliphatic rings. The van der Waals surface area contributed by atoms with E-state index in [9.17, 15) is 9.90 Å². The first-order valence-corrected chi connectivity index (χ1v) is 7.45. The van der Waals surface area contributed by atoms with E-state index in [-0.39, 0.29) is 0 Å². The van der Waals surface area contributed by atoms with Crippen molar-refractivity contribution < 1.29 is 9.90 Å². The molecule has 108 valence electrons. The lowest BCUT2D eigenvalue weighted by molar-refractivity contribution is -0.147. The zero-order valence-corrected chi connectivity index (χ0v) is 11.7. The van der Waals surface area contributed by atoms with Crippen LogP contribution >= 0.6 is 0 Å². The van der Waals surface area contributed by atoms with Crippen LogP contribution in [0.15, 0.2) is 30.3 Å². The van der Waals surface area contributed by atoms with Crippen molar-refractivity contribution in [2.24, 2.45) is 0 Å². The van der Waals surface area contributed by atoms with Crippen molar-refractivity contribution in [2.75, 3.05) is 13.1 Å². The summed E-state index contributed by atoms with van der Waals surface area (Å²) in [4.78, 5) is 14.0. The lowest BCUT2D eigenvalue weighted by Crippen LogP contribution is -2.62. The molecule has 2 N–H and O–H groups in total. The minimum absolute atomic E-state index is 0.419. The zero-order chi connectivity index (χ0) is 14.0. The third-order valence-corrected chi connectivity index (χ3v) is 4.29. The molecule has 4 nitrogen and oxygen atoms in total. The molecule has 1 saturated carbocycles. The van der Waals surface area contributed by atoms with Gasteiger partial charge in [-0.1, -0.05) is 30.3 Å². The van der Waals surface area contributed by atoms with Crippen LogP contribution in [-0.4, -0.2) is 40.6 Å². The van der Waals surface area contributed by atoms with Crippen LogP contribution < -0.4 is 5.32 Å². The van der Waals surface area contributed by atoms with Crippen LogP contribution in [-0.2, 0) is 11.3 Å². The van der Waals surface area contributed by atoms with Crippen LogP contribution in [0, 0.1) is 0 Å². The number of hydrogen-bond acceptors (Lipinski definition) is 3. The van der Waals surface area contributed by atoms with Crippen molar-refractivity contribution in [1.29, 1.82) is 0 Å². The molecule has 1 aromatic carbocycles. The Morgan fingerprint density at radius 1 is 1.35 bits per heavy atom. The fraction of sp³-hybridized carbons (Fsp3) is 0.562. The van der Waals surface area contributed by atoms with E-state index >= 15 is 0 Å². The smallest absolute Gasteiger partial charge is 0.325 e. The van der Waals surface area contributed by atoms with Gasteiger partial charge in [-0.3, -0.25) is 15.0 Å². The van der Waals surface area contributed by atoms with Crippen LogP contribution in [0.3, 0.4) is 0 Å². The van der Waals surface area contributed by atoms with Gasteiger partial charge in [0, 0.05) is 19.1 Å². The van der Waals surface area contributed by atoms with Crippen molar-refractivity contribution in [3.05, 3.63) is 35.9 Å². The monoisotopic (exact) mass is 274 g/mol. The zero-order valence-electron chi connectivity index (χ0n) is 11.7. The molecule has 4 heteroatoms. The van der Waals surface area contributed by atoms with Crippen LogP contribution in [0.5, 0.6) is 0 Å². The number of aliphatic carboxylic acids is 1. The average molecular weight is 274 g/mol. The third kappa shape index (κ3) is 3.02. The molecule has 1 unspecified atom stereocenters. The van der Waals surface area contributed by atoms with Crippen molar-refractivity contribution in [2.45, 2.75) is 43.8 Å². The van der Waals surface area contributed by atoms with Gasteiger partial charge in [0.25, 0.3) is 0 Å². The molecule has 0 bridgehead atoms. The molecule has 20 heavy (non-hydrogen) atoms. The summed E-state index contributed by atoms with van der Waals surface area (Å²) in [5.41, 5.74) is 0.508. The van der Waals surface area contributed by atoms with Crippen molar-refractivity contribution in [3.8, 4) is 0 Å². The molecule has 1 atom stereocenters. The van der Waals surface area contributed by atoms with Crippen LogP contribution in [0.4, 0.5) is 0 Å². The number of carboxylic acid groups (broad SMARTS) is 1. The van der Waals surface area contributed by atoms with Gasteiger partial charge in [0.1, 0.15) is 5.54 Å². The van der Waals surface area contributed by atoms with Gasteiger partial charge in [0.05, 0.1) is 0 Å². The van der Waals surface area contributed by atoms with Gasteiger partial charge >= 0.3 is 5.97 Å². The van der Waals surface area contributed by atoms with Crippen LogP contribution in [0.1, 0.15) is 31.2 Å². The van der Waals surface area contributed by atoms with Gasteiger partial charge in [-0.2, -0.15) is 0 Å². The van der Waals surface area contributed by atoms with Gasteiger partial charge in [0.2, 0.25) is 0 Å². The number of nitrogens with zero attached hydrogens (tertiary/aromatic N) is 1. The molecule has 1 saturated heterocycles. The van der Waals surface area contributed by atoms with E-state index in [1.165, 1.54) is 5.56 Å². The summed E-state index contributed by atoms with van der Waals surface area (Å²) < 4.78 is 0. The quantitative estimate of drug-likeness (QED) is 0.860. The Labute approximate surface area is 119 Å². The first-order chi connectivity index (χ1) is 9.68. The molecule has 2 fully saturated rings. The Hall–Kier alpha value is -1.39. The second-order valence-corrected chi connectivity index (χ2v) is 6.11. The van der Waals surface area contributed by atoms with E-state index in [0.717, 1.165) is 38.8 Å². The summed E-state index contributed by atoms with van der Waals surface area (Å²) in [6.07, 6.45) is 3.92. The molecule has 1 aromatic rings. The summed E-state index contributed by atoms with van der Waals surface area (Å²) in [5.74, 6) is -0.692. The highest BCUT2D eigenvalue weighted by Gasteiger charge is 2.45. The number of carboxylic acids is 1. The molecule has 1 heterocycles. The fourth-order valence-corrected chi connectivity index (χ4v) is 3.09. The third-order valence-electron chi connectivity index (χ3n) is 4.29. The SMILES string of the molecule is O=C(O)C1(NC2CC2)CCCN(Cc2ccccc2)C1. The predicted molar refractivity (Wildman–Crippen MR) is 77.5 cm³/mol. The second kappa shape index (κ2) is 5.54. The number of nitrogens with one attached hydrogen (secondary N) is 1. The van der Waals surface area contributed by atoms with Gasteiger partial charge in [-0.15, -0.1) is 0 Å². The fourth-order valence-electron chi connectivity index (χ4n) is 3.09. The highest BCUT2D eigenvalue weighted by Crippen LogP contribution is 2.29. The lowest BCUT2D eigenvalue weighted by Gasteiger charge is -2.40. The number of benzene rings is 1. The Balaban J connectivity index is 1.69. The summed E-state index contributed by atoms with van der Waals surface area (Å²) in [5, 5.41) is 13.0. The van der Waals surface area contributed by atoms with E-state index < -0.39 is 11.5 Å². The Bertz CT molecular complexity index is 473. The van der Waals surface area contributed by atoms with E-state index in [1.807, 2.05) is 18.2 Å². The van der Waals surface area contributed by atoms with E-state index in [0.29, 0.717) is 12.6 Å². The van der Waals surface area contributed by atoms with E-state index in [2.05, 4.69) is 22.3 Å². The second-order valence-electron chi connectivity index (χ2n) is 6.11. The predicted octanol–water partition coefficient (Wildman–Crippen LogP) is 1.86. The standard InChI is InChI=1S/C16H22N2O2/c19-15(20)16(17-14-7-8-14)9-4-10-18(12-16)11-13-5-2-1-3-6-13/h1-3,5-6,14,17H,4,7-12H2,(H,19,20). The van der Waals surface area contributed by atoms with Gasteiger partial charge in [-0.25, -0.2) is 0 Å². The maximum atomic E-state index is 11.7. The minimum atomic E-state index is -0.742. The molecule has 0 spiro atoms. The Morgan fingerprint density at radius 3 is 2.75 bits per heavy atom. The summed E-state index contributed by atoms with van der Waals surface area (Å²) in [6.45, 7) is 2.42. The summed E-state index contributed by atoms with van der Waals surface area (Å²) >= 11 is 0.